The van der Waals surface area contributed by atoms with Gasteiger partial charge in [-0.3, -0.25) is 4.79 Å². The Balaban J connectivity index is 1.87. The fourth-order valence-corrected chi connectivity index (χ4v) is 2.36. The van der Waals surface area contributed by atoms with Gasteiger partial charge in [0.05, 0.1) is 0 Å². The van der Waals surface area contributed by atoms with Gasteiger partial charge in [-0.1, -0.05) is 32.9 Å². The summed E-state index contributed by atoms with van der Waals surface area (Å²) in [6.45, 7) is 10.1. The van der Waals surface area contributed by atoms with Crippen molar-refractivity contribution in [3.63, 3.8) is 0 Å². The number of hydrogen-bond donors (Lipinski definition) is 1. The Labute approximate surface area is 127 Å². The molecule has 1 N–H and O–H groups in total. The number of amides is 1. The fraction of sp³-hybridized carbons (Fsp3) is 0.588. The maximum atomic E-state index is 12.0. The van der Waals surface area contributed by atoms with E-state index in [1.54, 1.807) is 0 Å². The fourth-order valence-electron chi connectivity index (χ4n) is 2.36. The molecule has 116 valence electrons. The molecule has 0 aliphatic carbocycles. The largest absolute Gasteiger partial charge is 0.484 e. The van der Waals surface area contributed by atoms with Crippen LogP contribution in [-0.2, 0) is 10.2 Å². The molecule has 0 unspecified atom stereocenters. The Morgan fingerprint density at radius 2 is 1.86 bits per heavy atom. The molecule has 21 heavy (non-hydrogen) atoms. The minimum atomic E-state index is 0.0643. The van der Waals surface area contributed by atoms with Crippen molar-refractivity contribution in [2.45, 2.75) is 32.6 Å². The summed E-state index contributed by atoms with van der Waals surface area (Å²) in [5.41, 5.74) is 1.47. The summed E-state index contributed by atoms with van der Waals surface area (Å²) >= 11 is 0. The summed E-state index contributed by atoms with van der Waals surface area (Å²) in [4.78, 5) is 13.9. The lowest BCUT2D eigenvalue weighted by Crippen LogP contribution is -2.47. The van der Waals surface area contributed by atoms with Crippen molar-refractivity contribution in [3.8, 4) is 5.75 Å². The SMILES string of the molecule is CCC(C)(C)c1ccc(OCC(=O)N2CCNCC2)cc1. The molecule has 0 aromatic heterocycles. The first-order valence-corrected chi connectivity index (χ1v) is 7.75. The van der Waals surface area contributed by atoms with E-state index in [4.69, 9.17) is 4.74 Å². The molecule has 0 saturated carbocycles. The van der Waals surface area contributed by atoms with E-state index >= 15 is 0 Å². The van der Waals surface area contributed by atoms with Gasteiger partial charge in [0, 0.05) is 26.2 Å². The molecule has 1 aliphatic heterocycles. The van der Waals surface area contributed by atoms with Gasteiger partial charge in [-0.25, -0.2) is 0 Å². The van der Waals surface area contributed by atoms with Crippen molar-refractivity contribution >= 4 is 5.91 Å². The summed E-state index contributed by atoms with van der Waals surface area (Å²) in [7, 11) is 0. The number of piperazine rings is 1. The molecule has 2 rings (SSSR count). The molecule has 0 bridgehead atoms. The second-order valence-electron chi connectivity index (χ2n) is 6.18. The summed E-state index contributed by atoms with van der Waals surface area (Å²) in [5.74, 6) is 0.823. The maximum absolute atomic E-state index is 12.0. The highest BCUT2D eigenvalue weighted by Gasteiger charge is 2.18. The average Bonchev–Trinajstić information content (AvgIpc) is 2.54. The van der Waals surface area contributed by atoms with Crippen LogP contribution in [0, 0.1) is 0 Å². The molecule has 0 atom stereocenters. The number of nitrogens with one attached hydrogen (secondary N) is 1. The van der Waals surface area contributed by atoms with Crippen molar-refractivity contribution in [1.82, 2.24) is 10.2 Å². The molecule has 1 aromatic rings. The lowest BCUT2D eigenvalue weighted by molar-refractivity contribution is -0.133. The van der Waals surface area contributed by atoms with Crippen molar-refractivity contribution in [2.75, 3.05) is 32.8 Å². The van der Waals surface area contributed by atoms with Gasteiger partial charge < -0.3 is 15.0 Å². The average molecular weight is 290 g/mol. The third kappa shape index (κ3) is 4.21. The minimum Gasteiger partial charge on any atom is -0.484 e. The molecular weight excluding hydrogens is 264 g/mol. The Kier molecular flexibility index (Phi) is 5.23. The monoisotopic (exact) mass is 290 g/mol. The summed E-state index contributed by atoms with van der Waals surface area (Å²) in [6.07, 6.45) is 1.09. The molecule has 1 heterocycles. The maximum Gasteiger partial charge on any atom is 0.260 e. The third-order valence-corrected chi connectivity index (χ3v) is 4.35. The second-order valence-corrected chi connectivity index (χ2v) is 6.18. The number of carbonyl (C=O) groups excluding carboxylic acids is 1. The van der Waals surface area contributed by atoms with Gasteiger partial charge in [-0.05, 0) is 29.5 Å². The number of carbonyl (C=O) groups is 1. The van der Waals surface area contributed by atoms with Gasteiger partial charge in [0.15, 0.2) is 6.61 Å². The standard InChI is InChI=1S/C17H26N2O2/c1-4-17(2,3)14-5-7-15(8-6-14)21-13-16(20)19-11-9-18-10-12-19/h5-8,18H,4,9-13H2,1-3H3. The van der Waals surface area contributed by atoms with Crippen LogP contribution in [0.25, 0.3) is 0 Å². The quantitative estimate of drug-likeness (QED) is 0.904. The zero-order valence-corrected chi connectivity index (χ0v) is 13.3. The van der Waals surface area contributed by atoms with Gasteiger partial charge in [0.25, 0.3) is 5.91 Å². The van der Waals surface area contributed by atoms with Crippen molar-refractivity contribution < 1.29 is 9.53 Å². The van der Waals surface area contributed by atoms with Crippen LogP contribution in [0.2, 0.25) is 0 Å². The van der Waals surface area contributed by atoms with E-state index in [1.165, 1.54) is 5.56 Å². The number of ether oxygens (including phenoxy) is 1. The van der Waals surface area contributed by atoms with Gasteiger partial charge in [0.1, 0.15) is 5.75 Å². The van der Waals surface area contributed by atoms with E-state index in [9.17, 15) is 4.79 Å². The first kappa shape index (κ1) is 15.8. The first-order chi connectivity index (χ1) is 10.0. The highest BCUT2D eigenvalue weighted by molar-refractivity contribution is 5.77. The predicted octanol–water partition coefficient (Wildman–Crippen LogP) is 2.18. The topological polar surface area (TPSA) is 41.6 Å². The van der Waals surface area contributed by atoms with Crippen molar-refractivity contribution in [3.05, 3.63) is 29.8 Å². The van der Waals surface area contributed by atoms with Gasteiger partial charge >= 0.3 is 0 Å². The van der Waals surface area contributed by atoms with E-state index < -0.39 is 0 Å². The van der Waals surface area contributed by atoms with E-state index in [0.29, 0.717) is 0 Å². The van der Waals surface area contributed by atoms with Gasteiger partial charge in [-0.2, -0.15) is 0 Å². The molecule has 1 saturated heterocycles. The van der Waals surface area contributed by atoms with E-state index in [-0.39, 0.29) is 17.9 Å². The van der Waals surface area contributed by atoms with E-state index in [0.717, 1.165) is 38.3 Å². The van der Waals surface area contributed by atoms with E-state index in [1.807, 2.05) is 17.0 Å². The molecule has 1 aromatic carbocycles. The van der Waals surface area contributed by atoms with Gasteiger partial charge in [-0.15, -0.1) is 0 Å². The summed E-state index contributed by atoms with van der Waals surface area (Å²) in [5, 5.41) is 3.23. The van der Waals surface area contributed by atoms with Crippen molar-refractivity contribution in [2.24, 2.45) is 0 Å². The lowest BCUT2D eigenvalue weighted by atomic mass is 9.82. The molecule has 0 spiro atoms. The van der Waals surface area contributed by atoms with Crippen LogP contribution in [0.15, 0.2) is 24.3 Å². The zero-order valence-electron chi connectivity index (χ0n) is 13.3. The number of nitrogens with zero attached hydrogens (tertiary/aromatic N) is 1. The summed E-state index contributed by atoms with van der Waals surface area (Å²) < 4.78 is 5.61. The zero-order chi connectivity index (χ0) is 15.3. The van der Waals surface area contributed by atoms with Crippen LogP contribution in [0.1, 0.15) is 32.8 Å². The van der Waals surface area contributed by atoms with Crippen LogP contribution in [-0.4, -0.2) is 43.6 Å². The Hall–Kier alpha value is -1.55. The van der Waals surface area contributed by atoms with Crippen molar-refractivity contribution in [1.29, 1.82) is 0 Å². The first-order valence-electron chi connectivity index (χ1n) is 7.75. The molecular formula is C17H26N2O2. The molecule has 4 heteroatoms. The predicted molar refractivity (Wildman–Crippen MR) is 84.7 cm³/mol. The van der Waals surface area contributed by atoms with Crippen LogP contribution in [0.5, 0.6) is 5.75 Å². The van der Waals surface area contributed by atoms with Crippen LogP contribution >= 0.6 is 0 Å². The Morgan fingerprint density at radius 3 is 2.43 bits per heavy atom. The van der Waals surface area contributed by atoms with Crippen LogP contribution < -0.4 is 10.1 Å². The number of benzene rings is 1. The third-order valence-electron chi connectivity index (χ3n) is 4.35. The Morgan fingerprint density at radius 1 is 1.24 bits per heavy atom. The van der Waals surface area contributed by atoms with Crippen LogP contribution in [0.4, 0.5) is 0 Å². The highest BCUT2D eigenvalue weighted by atomic mass is 16.5. The number of rotatable bonds is 5. The molecule has 0 radical (unpaired) electrons. The molecule has 1 fully saturated rings. The minimum absolute atomic E-state index is 0.0643. The number of hydrogen-bond acceptors (Lipinski definition) is 3. The normalized spacial score (nSPS) is 15.9. The molecule has 1 amide bonds. The molecule has 4 nitrogen and oxygen atoms in total. The van der Waals surface area contributed by atoms with Crippen LogP contribution in [0.3, 0.4) is 0 Å². The van der Waals surface area contributed by atoms with Gasteiger partial charge in [0.2, 0.25) is 0 Å². The van der Waals surface area contributed by atoms with E-state index in [2.05, 4.69) is 38.2 Å². The highest BCUT2D eigenvalue weighted by Crippen LogP contribution is 2.27. The second kappa shape index (κ2) is 6.94. The Bertz CT molecular complexity index is 462. The molecule has 1 aliphatic rings. The summed E-state index contributed by atoms with van der Waals surface area (Å²) in [6, 6.07) is 8.10. The smallest absolute Gasteiger partial charge is 0.260 e. The lowest BCUT2D eigenvalue weighted by Gasteiger charge is -2.27.